The number of nitrogens with zero attached hydrogens (tertiary/aromatic N) is 5. The number of amides is 2. The number of carbonyl (C=O) groups is 2. The lowest BCUT2D eigenvalue weighted by molar-refractivity contribution is -0.144. The minimum absolute atomic E-state index is 0.0444. The van der Waals surface area contributed by atoms with Gasteiger partial charge in [-0.3, -0.25) is 9.59 Å². The Balaban J connectivity index is 1.39. The zero-order valence-electron chi connectivity index (χ0n) is 18.6. The number of piperidine rings is 1. The number of aryl methyl sites for hydroxylation is 1. The summed E-state index contributed by atoms with van der Waals surface area (Å²) in [7, 11) is 0. The van der Waals surface area contributed by atoms with E-state index in [0.717, 1.165) is 24.0 Å². The average molecular weight is 448 g/mol. The summed E-state index contributed by atoms with van der Waals surface area (Å²) in [6.07, 6.45) is 11.3. The first kappa shape index (κ1) is 21.3. The zero-order valence-corrected chi connectivity index (χ0v) is 18.6. The number of rotatable bonds is 3. The maximum absolute atomic E-state index is 13.7. The van der Waals surface area contributed by atoms with Crippen molar-refractivity contribution in [1.29, 1.82) is 0 Å². The van der Waals surface area contributed by atoms with E-state index in [0.29, 0.717) is 43.8 Å². The molecule has 0 saturated carbocycles. The second-order valence-corrected chi connectivity index (χ2v) is 9.06. The van der Waals surface area contributed by atoms with Gasteiger partial charge in [0.25, 0.3) is 5.91 Å². The highest BCUT2D eigenvalue weighted by atomic mass is 19.1. The molecule has 0 bridgehead atoms. The molecule has 1 saturated heterocycles. The number of carbonyl (C=O) groups excluding carboxylic acids is 2. The highest BCUT2D eigenvalue weighted by Crippen LogP contribution is 2.38. The third-order valence-electron chi connectivity index (χ3n) is 6.61. The monoisotopic (exact) mass is 447 g/mol. The third kappa shape index (κ3) is 4.01. The van der Waals surface area contributed by atoms with Crippen LogP contribution in [0.4, 0.5) is 4.39 Å². The molecule has 7 nitrogen and oxygen atoms in total. The molecule has 2 amide bonds. The van der Waals surface area contributed by atoms with E-state index in [-0.39, 0.29) is 17.6 Å². The highest BCUT2D eigenvalue weighted by Gasteiger charge is 2.45. The maximum atomic E-state index is 13.7. The minimum atomic E-state index is -0.659. The van der Waals surface area contributed by atoms with Crippen LogP contribution in [0.25, 0.3) is 5.65 Å². The van der Waals surface area contributed by atoms with Crippen molar-refractivity contribution in [3.05, 3.63) is 77.5 Å². The average Bonchev–Trinajstić information content (AvgIpc) is 3.18. The molecule has 2 aliphatic heterocycles. The van der Waals surface area contributed by atoms with Crippen LogP contribution in [0, 0.1) is 18.2 Å². The van der Waals surface area contributed by atoms with Crippen molar-refractivity contribution in [2.75, 3.05) is 19.6 Å². The molecule has 8 heteroatoms. The Labute approximate surface area is 191 Å². The Morgan fingerprint density at radius 1 is 1.18 bits per heavy atom. The van der Waals surface area contributed by atoms with E-state index in [1.807, 2.05) is 24.1 Å². The van der Waals surface area contributed by atoms with E-state index in [4.69, 9.17) is 0 Å². The Kier molecular flexibility index (Phi) is 5.44. The zero-order chi connectivity index (χ0) is 23.0. The Morgan fingerprint density at radius 3 is 2.82 bits per heavy atom. The molecule has 4 heterocycles. The molecule has 5 rings (SSSR count). The van der Waals surface area contributed by atoms with Crippen LogP contribution in [0.1, 0.15) is 40.7 Å². The molecular formula is C25H26FN5O2. The van der Waals surface area contributed by atoms with Crippen LogP contribution >= 0.6 is 0 Å². The van der Waals surface area contributed by atoms with Crippen LogP contribution in [0.15, 0.2) is 55.0 Å². The molecular weight excluding hydrogens is 421 g/mol. The van der Waals surface area contributed by atoms with Crippen molar-refractivity contribution in [2.24, 2.45) is 5.41 Å². The van der Waals surface area contributed by atoms with E-state index < -0.39 is 5.41 Å². The van der Waals surface area contributed by atoms with E-state index in [2.05, 4.69) is 16.2 Å². The van der Waals surface area contributed by atoms with Crippen LogP contribution in [0.5, 0.6) is 0 Å². The predicted octanol–water partition coefficient (Wildman–Crippen LogP) is 3.39. The van der Waals surface area contributed by atoms with Crippen molar-refractivity contribution in [2.45, 2.75) is 32.7 Å². The highest BCUT2D eigenvalue weighted by molar-refractivity contribution is 6.00. The van der Waals surface area contributed by atoms with Crippen molar-refractivity contribution >= 4 is 17.5 Å². The minimum Gasteiger partial charge on any atom is -0.337 e. The smallest absolute Gasteiger partial charge is 0.259 e. The molecule has 0 aliphatic carbocycles. The number of aromatic nitrogens is 3. The summed E-state index contributed by atoms with van der Waals surface area (Å²) in [6.45, 7) is 3.80. The fourth-order valence-electron chi connectivity index (χ4n) is 4.90. The lowest BCUT2D eigenvalue weighted by Crippen LogP contribution is -2.53. The fourth-order valence-corrected chi connectivity index (χ4v) is 4.90. The second-order valence-electron chi connectivity index (χ2n) is 9.06. The first-order chi connectivity index (χ1) is 15.9. The molecule has 3 aromatic rings. The number of allylic oxidation sites excluding steroid dienone is 1. The number of benzene rings is 1. The standard InChI is InChI=1S/C25H26FN5O2/c1-18-13-27-22-21(14-28-31(22)15-18)23(32)30-12-4-10-25(17-30)9-2-3-11-29(24(25)33)16-19-5-7-20(26)8-6-19/h2-3,5-8,13-15H,4,9-12,16-17H2,1H3. The van der Waals surface area contributed by atoms with Crippen molar-refractivity contribution in [1.82, 2.24) is 24.4 Å². The second kappa shape index (κ2) is 8.42. The van der Waals surface area contributed by atoms with E-state index >= 15 is 0 Å². The van der Waals surface area contributed by atoms with Crippen LogP contribution < -0.4 is 0 Å². The van der Waals surface area contributed by atoms with Gasteiger partial charge in [-0.25, -0.2) is 13.9 Å². The van der Waals surface area contributed by atoms with Gasteiger partial charge in [0.15, 0.2) is 5.65 Å². The number of likely N-dealkylation sites (tertiary alicyclic amines) is 1. The summed E-state index contributed by atoms with van der Waals surface area (Å²) >= 11 is 0. The lowest BCUT2D eigenvalue weighted by Gasteiger charge is -2.42. The van der Waals surface area contributed by atoms with Gasteiger partial charge in [0, 0.05) is 38.6 Å². The van der Waals surface area contributed by atoms with Gasteiger partial charge >= 0.3 is 0 Å². The van der Waals surface area contributed by atoms with Crippen LogP contribution in [0.3, 0.4) is 0 Å². The summed E-state index contributed by atoms with van der Waals surface area (Å²) in [5.41, 5.74) is 2.15. The Hall–Kier alpha value is -3.55. The molecule has 33 heavy (non-hydrogen) atoms. The number of hydrogen-bond acceptors (Lipinski definition) is 4. The molecule has 0 N–H and O–H groups in total. The van der Waals surface area contributed by atoms with Gasteiger partial charge in [0.1, 0.15) is 11.4 Å². The first-order valence-corrected chi connectivity index (χ1v) is 11.2. The summed E-state index contributed by atoms with van der Waals surface area (Å²) in [4.78, 5) is 35.2. The number of halogens is 1. The summed E-state index contributed by atoms with van der Waals surface area (Å²) in [6, 6.07) is 6.24. The Bertz CT molecular complexity index is 1240. The molecule has 170 valence electrons. The Morgan fingerprint density at radius 2 is 2.00 bits per heavy atom. The lowest BCUT2D eigenvalue weighted by atomic mass is 9.76. The topological polar surface area (TPSA) is 70.8 Å². The van der Waals surface area contributed by atoms with Gasteiger partial charge < -0.3 is 9.80 Å². The summed E-state index contributed by atoms with van der Waals surface area (Å²) < 4.78 is 14.9. The van der Waals surface area contributed by atoms with Gasteiger partial charge in [-0.1, -0.05) is 24.3 Å². The predicted molar refractivity (Wildman–Crippen MR) is 121 cm³/mol. The molecule has 2 aliphatic rings. The molecule has 1 unspecified atom stereocenters. The number of hydrogen-bond donors (Lipinski definition) is 0. The van der Waals surface area contributed by atoms with Crippen LogP contribution in [-0.2, 0) is 11.3 Å². The summed E-state index contributed by atoms with van der Waals surface area (Å²) in [5, 5.41) is 4.29. The van der Waals surface area contributed by atoms with Crippen molar-refractivity contribution in [3.63, 3.8) is 0 Å². The molecule has 2 aromatic heterocycles. The third-order valence-corrected chi connectivity index (χ3v) is 6.61. The van der Waals surface area contributed by atoms with Crippen molar-refractivity contribution in [3.8, 4) is 0 Å². The maximum Gasteiger partial charge on any atom is 0.259 e. The molecule has 0 radical (unpaired) electrons. The SMILES string of the molecule is Cc1cnc2c(C(=O)N3CCCC4(CC=CCN(Cc5ccc(F)cc5)C4=O)C3)cnn2c1. The van der Waals surface area contributed by atoms with Crippen molar-refractivity contribution < 1.29 is 14.0 Å². The van der Waals surface area contributed by atoms with E-state index in [9.17, 15) is 14.0 Å². The van der Waals surface area contributed by atoms with Gasteiger partial charge in [-0.2, -0.15) is 5.10 Å². The molecule has 1 atom stereocenters. The van der Waals surface area contributed by atoms with Gasteiger partial charge in [0.2, 0.25) is 5.91 Å². The van der Waals surface area contributed by atoms with Gasteiger partial charge in [-0.05, 0) is 49.4 Å². The number of fused-ring (bicyclic) bond motifs is 1. The fraction of sp³-hybridized carbons (Fsp3) is 0.360. The molecule has 1 spiro atoms. The quantitative estimate of drug-likeness (QED) is 0.577. The molecule has 1 fully saturated rings. The largest absolute Gasteiger partial charge is 0.337 e. The van der Waals surface area contributed by atoms with E-state index in [1.54, 1.807) is 33.9 Å². The normalized spacial score (nSPS) is 21.1. The van der Waals surface area contributed by atoms with Gasteiger partial charge in [0.05, 0.1) is 11.6 Å². The van der Waals surface area contributed by atoms with E-state index in [1.165, 1.54) is 12.1 Å². The van der Waals surface area contributed by atoms with Crippen LogP contribution in [-0.4, -0.2) is 55.8 Å². The van der Waals surface area contributed by atoms with Gasteiger partial charge in [-0.15, -0.1) is 0 Å². The molecule has 1 aromatic carbocycles. The summed E-state index contributed by atoms with van der Waals surface area (Å²) in [5.74, 6) is -0.398. The first-order valence-electron chi connectivity index (χ1n) is 11.2. The van der Waals surface area contributed by atoms with Crippen LogP contribution in [0.2, 0.25) is 0 Å².